The monoisotopic (exact) mass is 1200 g/mol. The molecule has 0 aromatic rings. The van der Waals surface area contributed by atoms with Crippen LogP contribution in [-0.2, 0) is 23.8 Å². The lowest BCUT2D eigenvalue weighted by Crippen LogP contribution is -2.60. The predicted molar refractivity (Wildman–Crippen MR) is 357 cm³/mol. The fourth-order valence-corrected chi connectivity index (χ4v) is 11.7. The molecule has 500 valence electrons. The van der Waals surface area contributed by atoms with Gasteiger partial charge in [0.2, 0.25) is 5.91 Å². The maximum atomic E-state index is 13.0. The van der Waals surface area contributed by atoms with Gasteiger partial charge in [-0.25, -0.2) is 0 Å². The summed E-state index contributed by atoms with van der Waals surface area (Å²) in [5.41, 5.74) is 0. The Morgan fingerprint density at radius 1 is 0.435 bits per heavy atom. The Bertz CT molecular complexity index is 1510. The summed E-state index contributed by atoms with van der Waals surface area (Å²) in [6.07, 6.45) is 71.7. The molecule has 6 N–H and O–H groups in total. The van der Waals surface area contributed by atoms with Gasteiger partial charge in [0.05, 0.1) is 32.0 Å². The Hall–Kier alpha value is -2.12. The molecule has 0 aliphatic carbocycles. The summed E-state index contributed by atoms with van der Waals surface area (Å²) in [5, 5.41) is 54.3. The van der Waals surface area contributed by atoms with Gasteiger partial charge in [-0.2, -0.15) is 0 Å². The summed E-state index contributed by atoms with van der Waals surface area (Å²) in [6.45, 7) is 4.35. The molecular formula is C74H139NO10. The molecule has 1 aliphatic heterocycles. The second-order valence-electron chi connectivity index (χ2n) is 25.7. The molecule has 1 amide bonds. The van der Waals surface area contributed by atoms with Gasteiger partial charge >= 0.3 is 5.97 Å². The van der Waals surface area contributed by atoms with Crippen LogP contribution in [-0.4, -0.2) is 100 Å². The average molecular weight is 1200 g/mol. The van der Waals surface area contributed by atoms with Crippen molar-refractivity contribution in [3.05, 3.63) is 36.5 Å². The zero-order valence-corrected chi connectivity index (χ0v) is 55.6. The van der Waals surface area contributed by atoms with Gasteiger partial charge in [0, 0.05) is 12.8 Å². The number of unbranched alkanes of at least 4 members (excludes halogenated alkanes) is 47. The van der Waals surface area contributed by atoms with E-state index in [0.717, 1.165) is 57.8 Å². The van der Waals surface area contributed by atoms with Crippen LogP contribution in [0.4, 0.5) is 0 Å². The zero-order chi connectivity index (χ0) is 61.6. The van der Waals surface area contributed by atoms with Crippen molar-refractivity contribution in [3.63, 3.8) is 0 Å². The lowest BCUT2D eigenvalue weighted by Gasteiger charge is -2.40. The van der Waals surface area contributed by atoms with E-state index >= 15 is 0 Å². The number of amides is 1. The summed E-state index contributed by atoms with van der Waals surface area (Å²) in [5.74, 6) is -0.170. The van der Waals surface area contributed by atoms with Crippen LogP contribution in [0.25, 0.3) is 0 Å². The molecule has 11 nitrogen and oxygen atoms in total. The molecule has 0 radical (unpaired) electrons. The molecule has 1 rings (SSSR count). The number of aliphatic hydroxyl groups is 5. The number of esters is 1. The Morgan fingerprint density at radius 3 is 1.19 bits per heavy atom. The van der Waals surface area contributed by atoms with Crippen LogP contribution in [0.15, 0.2) is 36.5 Å². The van der Waals surface area contributed by atoms with Crippen LogP contribution >= 0.6 is 0 Å². The van der Waals surface area contributed by atoms with E-state index in [9.17, 15) is 35.1 Å². The number of hydrogen-bond acceptors (Lipinski definition) is 10. The number of nitrogens with one attached hydrogen (secondary N) is 1. The molecule has 0 aromatic carbocycles. The number of hydrogen-bond donors (Lipinski definition) is 6. The van der Waals surface area contributed by atoms with Crippen LogP contribution in [0.3, 0.4) is 0 Å². The van der Waals surface area contributed by atoms with E-state index in [4.69, 9.17) is 14.2 Å². The van der Waals surface area contributed by atoms with E-state index in [1.807, 2.05) is 6.08 Å². The molecule has 1 heterocycles. The quantitative estimate of drug-likeness (QED) is 0.0195. The summed E-state index contributed by atoms with van der Waals surface area (Å²) < 4.78 is 16.7. The first-order chi connectivity index (χ1) is 41.7. The minimum Gasteiger partial charge on any atom is -0.466 e. The van der Waals surface area contributed by atoms with Crippen LogP contribution in [0, 0.1) is 0 Å². The third kappa shape index (κ3) is 52.4. The highest BCUT2D eigenvalue weighted by Gasteiger charge is 2.44. The van der Waals surface area contributed by atoms with Crippen LogP contribution < -0.4 is 5.32 Å². The van der Waals surface area contributed by atoms with Gasteiger partial charge in [0.25, 0.3) is 0 Å². The SMILES string of the molecule is CCCCCCCCC/C=C/C(O)C(COC1OC(CO)C(O)C(O)C1O)NC(=O)CCCCCCCCCCCCCCCCCCC/C=C\C/C=C\CCCCCCCCCCCOC(=O)CCCCCCCCCCCCCCCCC. The van der Waals surface area contributed by atoms with Gasteiger partial charge < -0.3 is 45.1 Å². The molecule has 0 spiro atoms. The van der Waals surface area contributed by atoms with E-state index in [-0.39, 0.29) is 18.5 Å². The van der Waals surface area contributed by atoms with Gasteiger partial charge in [-0.3, -0.25) is 9.59 Å². The number of aliphatic hydroxyl groups excluding tert-OH is 5. The molecule has 85 heavy (non-hydrogen) atoms. The molecular weight excluding hydrogens is 1060 g/mol. The predicted octanol–water partition coefficient (Wildman–Crippen LogP) is 19.0. The highest BCUT2D eigenvalue weighted by atomic mass is 16.7. The number of rotatable bonds is 65. The third-order valence-corrected chi connectivity index (χ3v) is 17.5. The van der Waals surface area contributed by atoms with E-state index in [1.54, 1.807) is 6.08 Å². The van der Waals surface area contributed by atoms with E-state index in [2.05, 4.69) is 43.5 Å². The van der Waals surface area contributed by atoms with Crippen molar-refractivity contribution >= 4 is 11.9 Å². The summed E-state index contributed by atoms with van der Waals surface area (Å²) in [4.78, 5) is 25.1. The zero-order valence-electron chi connectivity index (χ0n) is 55.6. The summed E-state index contributed by atoms with van der Waals surface area (Å²) >= 11 is 0. The molecule has 1 aliphatic rings. The Balaban J connectivity index is 1.90. The fourth-order valence-electron chi connectivity index (χ4n) is 11.7. The van der Waals surface area contributed by atoms with Crippen molar-refractivity contribution in [2.75, 3.05) is 19.8 Å². The number of ether oxygens (including phenoxy) is 3. The maximum absolute atomic E-state index is 13.0. The second kappa shape index (κ2) is 63.4. The van der Waals surface area contributed by atoms with Gasteiger partial charge in [0.1, 0.15) is 24.4 Å². The fraction of sp³-hybridized carbons (Fsp3) is 0.892. The van der Waals surface area contributed by atoms with Gasteiger partial charge in [0.15, 0.2) is 6.29 Å². The molecule has 7 unspecified atom stereocenters. The molecule has 7 atom stereocenters. The minimum atomic E-state index is -1.57. The van der Waals surface area contributed by atoms with E-state index in [0.29, 0.717) is 19.4 Å². The lowest BCUT2D eigenvalue weighted by molar-refractivity contribution is -0.302. The Labute approximate surface area is 523 Å². The largest absolute Gasteiger partial charge is 0.466 e. The Kier molecular flexibility index (Phi) is 60.4. The minimum absolute atomic E-state index is 0.0102. The van der Waals surface area contributed by atoms with Crippen molar-refractivity contribution in [1.82, 2.24) is 5.32 Å². The maximum Gasteiger partial charge on any atom is 0.305 e. The number of allylic oxidation sites excluding steroid dienone is 5. The summed E-state index contributed by atoms with van der Waals surface area (Å²) in [6, 6.07) is -0.807. The van der Waals surface area contributed by atoms with Crippen molar-refractivity contribution in [2.24, 2.45) is 0 Å². The molecule has 1 saturated heterocycles. The standard InChI is InChI=1S/C74H139NO10/c1-3-5-7-9-11-13-14-15-35-39-42-46-50-54-58-62-70(79)83-63-59-55-51-47-43-40-37-34-32-30-28-26-24-22-20-18-16-17-19-21-23-25-27-29-31-33-36-38-41-45-49-53-57-61-69(78)75-66(67(77)60-56-52-48-44-12-10-8-6-4-2)65-84-74-73(82)72(81)71(80)68(64-76)85-74/h20,22,26,28,56,60,66-68,71-74,76-77,80-82H,3-19,21,23-25,27,29-55,57-59,61-65H2,1-2H3,(H,75,78)/b22-20-,28-26-,60-56+. The molecule has 11 heteroatoms. The molecule has 0 saturated carbocycles. The first-order valence-corrected chi connectivity index (χ1v) is 36.8. The second-order valence-corrected chi connectivity index (χ2v) is 25.7. The topological polar surface area (TPSA) is 175 Å². The van der Waals surface area contributed by atoms with E-state index in [1.165, 1.54) is 276 Å². The number of carbonyl (C=O) groups is 2. The lowest BCUT2D eigenvalue weighted by atomic mass is 9.99. The molecule has 0 aromatic heterocycles. The van der Waals surface area contributed by atoms with Crippen molar-refractivity contribution in [2.45, 2.75) is 403 Å². The van der Waals surface area contributed by atoms with Gasteiger partial charge in [-0.15, -0.1) is 0 Å². The highest BCUT2D eigenvalue weighted by molar-refractivity contribution is 5.76. The first-order valence-electron chi connectivity index (χ1n) is 36.8. The number of carbonyl (C=O) groups excluding carboxylic acids is 2. The van der Waals surface area contributed by atoms with Crippen LogP contribution in [0.1, 0.15) is 361 Å². The van der Waals surface area contributed by atoms with Crippen molar-refractivity contribution in [1.29, 1.82) is 0 Å². The van der Waals surface area contributed by atoms with Crippen molar-refractivity contribution < 1.29 is 49.3 Å². The molecule has 1 fully saturated rings. The average Bonchev–Trinajstić information content (AvgIpc) is 3.62. The van der Waals surface area contributed by atoms with Crippen LogP contribution in [0.5, 0.6) is 0 Å². The smallest absolute Gasteiger partial charge is 0.305 e. The van der Waals surface area contributed by atoms with Gasteiger partial charge in [-0.05, 0) is 64.2 Å². The molecule has 0 bridgehead atoms. The van der Waals surface area contributed by atoms with Crippen molar-refractivity contribution in [3.8, 4) is 0 Å². The van der Waals surface area contributed by atoms with Gasteiger partial charge in [-0.1, -0.05) is 320 Å². The third-order valence-electron chi connectivity index (χ3n) is 17.5. The summed E-state index contributed by atoms with van der Waals surface area (Å²) in [7, 11) is 0. The normalized spacial score (nSPS) is 18.1. The van der Waals surface area contributed by atoms with Crippen LogP contribution in [0.2, 0.25) is 0 Å². The van der Waals surface area contributed by atoms with E-state index < -0.39 is 49.5 Å². The first kappa shape index (κ1) is 80.9. The Morgan fingerprint density at radius 2 is 0.788 bits per heavy atom. The highest BCUT2D eigenvalue weighted by Crippen LogP contribution is 2.23.